The van der Waals surface area contributed by atoms with Gasteiger partial charge in [0.15, 0.2) is 0 Å². The van der Waals surface area contributed by atoms with Gasteiger partial charge in [0.25, 0.3) is 5.91 Å². The number of sulfonamides is 1. The van der Waals surface area contributed by atoms with Crippen molar-refractivity contribution in [1.82, 2.24) is 14.6 Å². The predicted octanol–water partition coefficient (Wildman–Crippen LogP) is 0.237. The van der Waals surface area contributed by atoms with Crippen LogP contribution >= 0.6 is 0 Å². The molecule has 0 radical (unpaired) electrons. The molecule has 7 heteroatoms. The SMILES string of the molecule is O=C(NCCN1CCCCS1(=O)=O)c1ccccn1. The second kappa shape index (κ2) is 6.12. The molecule has 2 rings (SSSR count). The Hall–Kier alpha value is -1.47. The zero-order chi connectivity index (χ0) is 13.7. The predicted molar refractivity (Wildman–Crippen MR) is 71.2 cm³/mol. The third-order valence-corrected chi connectivity index (χ3v) is 4.95. The summed E-state index contributed by atoms with van der Waals surface area (Å²) in [6.07, 6.45) is 3.15. The molecule has 1 aliphatic rings. The molecular formula is C12H17N3O3S. The summed E-state index contributed by atoms with van der Waals surface area (Å²) in [5.74, 6) is -0.0729. The molecule has 2 heterocycles. The van der Waals surface area contributed by atoms with Crippen LogP contribution in [0.2, 0.25) is 0 Å². The Balaban J connectivity index is 1.82. The first-order valence-electron chi connectivity index (χ1n) is 6.27. The van der Waals surface area contributed by atoms with Gasteiger partial charge in [0.2, 0.25) is 10.0 Å². The van der Waals surface area contributed by atoms with E-state index in [9.17, 15) is 13.2 Å². The molecule has 0 unspecified atom stereocenters. The molecule has 0 saturated carbocycles. The number of nitrogens with one attached hydrogen (secondary N) is 1. The fourth-order valence-corrected chi connectivity index (χ4v) is 3.58. The average molecular weight is 283 g/mol. The van der Waals surface area contributed by atoms with Crippen molar-refractivity contribution < 1.29 is 13.2 Å². The maximum Gasteiger partial charge on any atom is 0.269 e. The normalized spacial score (nSPS) is 18.9. The molecule has 0 aromatic carbocycles. The number of rotatable bonds is 4. The minimum absolute atomic E-state index is 0.210. The van der Waals surface area contributed by atoms with Crippen LogP contribution in [0.15, 0.2) is 24.4 Å². The largest absolute Gasteiger partial charge is 0.349 e. The van der Waals surface area contributed by atoms with Crippen LogP contribution in [0.1, 0.15) is 23.3 Å². The van der Waals surface area contributed by atoms with Crippen molar-refractivity contribution in [2.75, 3.05) is 25.4 Å². The number of pyridine rings is 1. The van der Waals surface area contributed by atoms with Gasteiger partial charge >= 0.3 is 0 Å². The molecular weight excluding hydrogens is 266 g/mol. The Morgan fingerprint density at radius 1 is 1.37 bits per heavy atom. The van der Waals surface area contributed by atoms with Crippen molar-refractivity contribution in [3.8, 4) is 0 Å². The molecule has 6 nitrogen and oxygen atoms in total. The monoisotopic (exact) mass is 283 g/mol. The maximum atomic E-state index is 11.7. The molecule has 19 heavy (non-hydrogen) atoms. The van der Waals surface area contributed by atoms with Crippen LogP contribution in [0.25, 0.3) is 0 Å². The van der Waals surface area contributed by atoms with Gasteiger partial charge < -0.3 is 5.32 Å². The molecule has 104 valence electrons. The second-order valence-corrected chi connectivity index (χ2v) is 6.48. The van der Waals surface area contributed by atoms with Crippen LogP contribution in [0, 0.1) is 0 Å². The van der Waals surface area contributed by atoms with Crippen molar-refractivity contribution >= 4 is 15.9 Å². The van der Waals surface area contributed by atoms with Gasteiger partial charge in [-0.15, -0.1) is 0 Å². The summed E-state index contributed by atoms with van der Waals surface area (Å²) >= 11 is 0. The van der Waals surface area contributed by atoms with Gasteiger partial charge in [-0.2, -0.15) is 0 Å². The minimum Gasteiger partial charge on any atom is -0.349 e. The Bertz CT molecular complexity index is 530. The highest BCUT2D eigenvalue weighted by molar-refractivity contribution is 7.89. The molecule has 0 atom stereocenters. The van der Waals surface area contributed by atoms with Crippen molar-refractivity contribution in [3.63, 3.8) is 0 Å². The molecule has 1 aromatic rings. The van der Waals surface area contributed by atoms with Crippen LogP contribution < -0.4 is 5.32 Å². The maximum absolute atomic E-state index is 11.7. The third-order valence-electron chi connectivity index (χ3n) is 3.00. The Labute approximate surface area is 112 Å². The van der Waals surface area contributed by atoms with Crippen molar-refractivity contribution in [2.45, 2.75) is 12.8 Å². The molecule has 0 bridgehead atoms. The standard InChI is InChI=1S/C12H17N3O3S/c16-12(11-5-1-2-6-13-11)14-7-9-15-8-3-4-10-19(15,17)18/h1-2,5-6H,3-4,7-10H2,(H,14,16). The third kappa shape index (κ3) is 3.74. The van der Waals surface area contributed by atoms with E-state index in [0.29, 0.717) is 25.3 Å². The Morgan fingerprint density at radius 2 is 2.21 bits per heavy atom. The summed E-state index contributed by atoms with van der Waals surface area (Å²) < 4.78 is 24.9. The highest BCUT2D eigenvalue weighted by Gasteiger charge is 2.25. The van der Waals surface area contributed by atoms with Gasteiger partial charge in [0.05, 0.1) is 5.75 Å². The summed E-state index contributed by atoms with van der Waals surface area (Å²) in [6.45, 7) is 1.16. The first-order valence-corrected chi connectivity index (χ1v) is 7.87. The summed E-state index contributed by atoms with van der Waals surface area (Å²) in [7, 11) is -3.12. The molecule has 1 N–H and O–H groups in total. The molecule has 0 spiro atoms. The number of nitrogens with zero attached hydrogens (tertiary/aromatic N) is 2. The highest BCUT2D eigenvalue weighted by atomic mass is 32.2. The topological polar surface area (TPSA) is 79.4 Å². The van der Waals surface area contributed by atoms with E-state index in [1.807, 2.05) is 0 Å². The first kappa shape index (κ1) is 14.0. The smallest absolute Gasteiger partial charge is 0.269 e. The number of hydrogen-bond donors (Lipinski definition) is 1. The van der Waals surface area contributed by atoms with Crippen molar-refractivity contribution in [1.29, 1.82) is 0 Å². The summed E-state index contributed by atoms with van der Waals surface area (Å²) in [5.41, 5.74) is 0.337. The van der Waals surface area contributed by atoms with Gasteiger partial charge in [0, 0.05) is 25.8 Å². The number of carbonyl (C=O) groups is 1. The van der Waals surface area contributed by atoms with Crippen LogP contribution in [0.4, 0.5) is 0 Å². The lowest BCUT2D eigenvalue weighted by Crippen LogP contribution is -2.42. The lowest BCUT2D eigenvalue weighted by molar-refractivity contribution is 0.0946. The van der Waals surface area contributed by atoms with E-state index in [1.54, 1.807) is 24.4 Å². The quantitative estimate of drug-likeness (QED) is 0.858. The van der Waals surface area contributed by atoms with E-state index in [-0.39, 0.29) is 11.7 Å². The number of carbonyl (C=O) groups excluding carboxylic acids is 1. The fraction of sp³-hybridized carbons (Fsp3) is 0.500. The van der Waals surface area contributed by atoms with Gasteiger partial charge in [0.1, 0.15) is 5.69 Å². The average Bonchev–Trinajstić information content (AvgIpc) is 2.41. The van der Waals surface area contributed by atoms with Gasteiger partial charge in [-0.1, -0.05) is 6.07 Å². The number of aromatic nitrogens is 1. The van der Waals surface area contributed by atoms with Crippen LogP contribution in [-0.4, -0.2) is 49.0 Å². The first-order chi connectivity index (χ1) is 9.09. The Kier molecular flexibility index (Phi) is 4.49. The summed E-state index contributed by atoms with van der Waals surface area (Å²) in [4.78, 5) is 15.6. The van der Waals surface area contributed by atoms with E-state index in [2.05, 4.69) is 10.3 Å². The molecule has 1 aliphatic heterocycles. The van der Waals surface area contributed by atoms with E-state index < -0.39 is 10.0 Å². The molecule has 1 saturated heterocycles. The van der Waals surface area contributed by atoms with Gasteiger partial charge in [-0.3, -0.25) is 9.78 Å². The van der Waals surface area contributed by atoms with Gasteiger partial charge in [-0.25, -0.2) is 12.7 Å². The van der Waals surface area contributed by atoms with E-state index in [0.717, 1.165) is 12.8 Å². The fourth-order valence-electron chi connectivity index (χ4n) is 1.97. The molecule has 1 aromatic heterocycles. The minimum atomic E-state index is -3.12. The number of hydrogen-bond acceptors (Lipinski definition) is 4. The Morgan fingerprint density at radius 3 is 2.89 bits per heavy atom. The van der Waals surface area contributed by atoms with E-state index in [4.69, 9.17) is 0 Å². The zero-order valence-corrected chi connectivity index (χ0v) is 11.4. The van der Waals surface area contributed by atoms with Crippen LogP contribution in [-0.2, 0) is 10.0 Å². The molecule has 0 aliphatic carbocycles. The lowest BCUT2D eigenvalue weighted by Gasteiger charge is -2.26. The number of amides is 1. The summed E-state index contributed by atoms with van der Waals surface area (Å²) in [5, 5.41) is 2.68. The van der Waals surface area contributed by atoms with Crippen LogP contribution in [0.5, 0.6) is 0 Å². The summed E-state index contributed by atoms with van der Waals surface area (Å²) in [6, 6.07) is 5.08. The zero-order valence-electron chi connectivity index (χ0n) is 10.6. The van der Waals surface area contributed by atoms with Crippen LogP contribution in [0.3, 0.4) is 0 Å². The van der Waals surface area contributed by atoms with E-state index >= 15 is 0 Å². The molecule has 1 amide bonds. The second-order valence-electron chi connectivity index (χ2n) is 4.39. The van der Waals surface area contributed by atoms with Crippen molar-refractivity contribution in [2.24, 2.45) is 0 Å². The highest BCUT2D eigenvalue weighted by Crippen LogP contribution is 2.12. The van der Waals surface area contributed by atoms with Gasteiger partial charge in [-0.05, 0) is 25.0 Å². The van der Waals surface area contributed by atoms with Crippen molar-refractivity contribution in [3.05, 3.63) is 30.1 Å². The van der Waals surface area contributed by atoms with E-state index in [1.165, 1.54) is 4.31 Å². The molecule has 1 fully saturated rings. The lowest BCUT2D eigenvalue weighted by atomic mass is 10.3.